The number of rotatable bonds is 3. The Balaban J connectivity index is 2.33. The van der Waals surface area contributed by atoms with Crippen LogP contribution in [0.25, 0.3) is 11.1 Å². The lowest BCUT2D eigenvalue weighted by atomic mass is 10.0. The minimum absolute atomic E-state index is 0.801. The Bertz CT molecular complexity index is 569. The van der Waals surface area contributed by atoms with E-state index >= 15 is 0 Å². The first kappa shape index (κ1) is 13.0. The number of amidine groups is 1. The van der Waals surface area contributed by atoms with E-state index in [1.807, 2.05) is 49.3 Å². The quantitative estimate of drug-likeness (QED) is 0.467. The molecule has 0 saturated heterocycles. The van der Waals surface area contributed by atoms with Crippen molar-refractivity contribution in [3.63, 3.8) is 0 Å². The standard InChI is InChI=1S/C16H17N3/c1-17-18-16(19(2)3)15-11-9-14(10-12-15)13-7-5-4-6-8-13/h4-12H,1H2,2-3H3/b18-16-. The predicted molar refractivity (Wildman–Crippen MR) is 81.7 cm³/mol. The van der Waals surface area contributed by atoms with Crippen molar-refractivity contribution in [1.29, 1.82) is 0 Å². The van der Waals surface area contributed by atoms with E-state index in [0.717, 1.165) is 11.4 Å². The molecule has 0 bridgehead atoms. The first-order chi connectivity index (χ1) is 9.22. The molecule has 0 fully saturated rings. The van der Waals surface area contributed by atoms with Gasteiger partial charge in [-0.05, 0) is 11.1 Å². The summed E-state index contributed by atoms with van der Waals surface area (Å²) < 4.78 is 0. The molecule has 0 atom stereocenters. The van der Waals surface area contributed by atoms with Gasteiger partial charge in [0.25, 0.3) is 0 Å². The lowest BCUT2D eigenvalue weighted by Crippen LogP contribution is -2.22. The summed E-state index contributed by atoms with van der Waals surface area (Å²) in [6, 6.07) is 18.6. The molecule has 0 aromatic heterocycles. The van der Waals surface area contributed by atoms with Gasteiger partial charge < -0.3 is 4.90 Å². The van der Waals surface area contributed by atoms with Crippen molar-refractivity contribution in [2.45, 2.75) is 0 Å². The van der Waals surface area contributed by atoms with Gasteiger partial charge in [-0.15, -0.1) is 5.10 Å². The van der Waals surface area contributed by atoms with Crippen molar-refractivity contribution in [1.82, 2.24) is 4.90 Å². The number of benzene rings is 2. The van der Waals surface area contributed by atoms with Crippen molar-refractivity contribution in [2.75, 3.05) is 14.1 Å². The van der Waals surface area contributed by atoms with Crippen LogP contribution in [-0.4, -0.2) is 31.5 Å². The molecule has 0 saturated carbocycles. The van der Waals surface area contributed by atoms with E-state index in [4.69, 9.17) is 0 Å². The van der Waals surface area contributed by atoms with Crippen LogP contribution in [0.3, 0.4) is 0 Å². The van der Waals surface area contributed by atoms with Crippen LogP contribution in [0, 0.1) is 0 Å². The Morgan fingerprint density at radius 2 is 1.47 bits per heavy atom. The van der Waals surface area contributed by atoms with Gasteiger partial charge in [0.15, 0.2) is 5.84 Å². The molecule has 2 aromatic carbocycles. The van der Waals surface area contributed by atoms with Crippen LogP contribution in [0.1, 0.15) is 5.56 Å². The summed E-state index contributed by atoms with van der Waals surface area (Å²) >= 11 is 0. The highest BCUT2D eigenvalue weighted by atomic mass is 15.3. The number of hydrogen-bond donors (Lipinski definition) is 0. The summed E-state index contributed by atoms with van der Waals surface area (Å²) in [5, 5.41) is 7.66. The van der Waals surface area contributed by atoms with Crippen LogP contribution < -0.4 is 0 Å². The zero-order chi connectivity index (χ0) is 13.7. The maximum atomic E-state index is 4.05. The first-order valence-corrected chi connectivity index (χ1v) is 6.09. The van der Waals surface area contributed by atoms with E-state index in [0.29, 0.717) is 0 Å². The summed E-state index contributed by atoms with van der Waals surface area (Å²) in [5.41, 5.74) is 3.42. The van der Waals surface area contributed by atoms with Gasteiger partial charge in [0.2, 0.25) is 0 Å². The Labute approximate surface area is 113 Å². The monoisotopic (exact) mass is 251 g/mol. The molecular weight excluding hydrogens is 234 g/mol. The lowest BCUT2D eigenvalue weighted by molar-refractivity contribution is 0.620. The highest BCUT2D eigenvalue weighted by Gasteiger charge is 2.06. The average molecular weight is 251 g/mol. The molecule has 0 N–H and O–H groups in total. The second kappa shape index (κ2) is 5.96. The fraction of sp³-hybridized carbons (Fsp3) is 0.125. The van der Waals surface area contributed by atoms with E-state index in [1.165, 1.54) is 11.1 Å². The van der Waals surface area contributed by atoms with E-state index in [1.54, 1.807) is 0 Å². The summed E-state index contributed by atoms with van der Waals surface area (Å²) in [5.74, 6) is 0.801. The minimum Gasteiger partial charge on any atom is -0.361 e. The molecule has 2 rings (SSSR count). The molecule has 0 aliphatic heterocycles. The Kier molecular flexibility index (Phi) is 4.08. The number of hydrogen-bond acceptors (Lipinski definition) is 2. The fourth-order valence-corrected chi connectivity index (χ4v) is 1.91. The fourth-order valence-electron chi connectivity index (χ4n) is 1.91. The van der Waals surface area contributed by atoms with Gasteiger partial charge in [-0.2, -0.15) is 5.10 Å². The highest BCUT2D eigenvalue weighted by Crippen LogP contribution is 2.19. The molecule has 3 heteroatoms. The molecule has 0 spiro atoms. The second-order valence-electron chi connectivity index (χ2n) is 4.40. The van der Waals surface area contributed by atoms with Gasteiger partial charge in [0, 0.05) is 26.4 Å². The largest absolute Gasteiger partial charge is 0.361 e. The molecule has 0 aliphatic carbocycles. The van der Waals surface area contributed by atoms with Gasteiger partial charge in [0.05, 0.1) is 0 Å². The van der Waals surface area contributed by atoms with Gasteiger partial charge >= 0.3 is 0 Å². The second-order valence-corrected chi connectivity index (χ2v) is 4.40. The summed E-state index contributed by atoms with van der Waals surface area (Å²) in [6.07, 6.45) is 0. The van der Waals surface area contributed by atoms with Crippen molar-refractivity contribution >= 4 is 12.6 Å². The third kappa shape index (κ3) is 3.07. The zero-order valence-electron chi connectivity index (χ0n) is 11.2. The van der Waals surface area contributed by atoms with Gasteiger partial charge in [-0.25, -0.2) is 0 Å². The molecule has 0 aliphatic rings. The molecule has 0 unspecified atom stereocenters. The molecule has 0 heterocycles. The Morgan fingerprint density at radius 1 is 0.895 bits per heavy atom. The maximum absolute atomic E-state index is 4.05. The summed E-state index contributed by atoms with van der Waals surface area (Å²) in [7, 11) is 3.88. The molecule has 96 valence electrons. The van der Waals surface area contributed by atoms with E-state index < -0.39 is 0 Å². The Hall–Kier alpha value is -2.42. The lowest BCUT2D eigenvalue weighted by Gasteiger charge is -2.14. The molecule has 19 heavy (non-hydrogen) atoms. The molecule has 0 radical (unpaired) electrons. The van der Waals surface area contributed by atoms with Crippen LogP contribution >= 0.6 is 0 Å². The van der Waals surface area contributed by atoms with Crippen molar-refractivity contribution in [3.8, 4) is 11.1 Å². The maximum Gasteiger partial charge on any atom is 0.157 e. The summed E-state index contributed by atoms with van der Waals surface area (Å²) in [4.78, 5) is 1.92. The SMILES string of the molecule is C=N/N=C(/c1ccc(-c2ccccc2)cc1)N(C)C. The molecular formula is C16H17N3. The van der Waals surface area contributed by atoms with Crippen molar-refractivity contribution in [3.05, 3.63) is 60.2 Å². The van der Waals surface area contributed by atoms with Crippen LogP contribution in [0.4, 0.5) is 0 Å². The van der Waals surface area contributed by atoms with Gasteiger partial charge in [-0.1, -0.05) is 54.6 Å². The minimum atomic E-state index is 0.801. The van der Waals surface area contributed by atoms with Crippen LogP contribution in [0.2, 0.25) is 0 Å². The average Bonchev–Trinajstić information content (AvgIpc) is 2.46. The van der Waals surface area contributed by atoms with Crippen LogP contribution in [-0.2, 0) is 0 Å². The van der Waals surface area contributed by atoms with E-state index in [9.17, 15) is 0 Å². The van der Waals surface area contributed by atoms with Gasteiger partial charge in [-0.3, -0.25) is 0 Å². The third-order valence-corrected chi connectivity index (χ3v) is 2.84. The first-order valence-electron chi connectivity index (χ1n) is 6.09. The van der Waals surface area contributed by atoms with E-state index in [2.05, 4.69) is 41.2 Å². The molecule has 0 amide bonds. The van der Waals surface area contributed by atoms with Gasteiger partial charge in [0.1, 0.15) is 0 Å². The normalized spacial score (nSPS) is 11.2. The van der Waals surface area contributed by atoms with Crippen molar-refractivity contribution in [2.24, 2.45) is 10.2 Å². The van der Waals surface area contributed by atoms with E-state index in [-0.39, 0.29) is 0 Å². The predicted octanol–water partition coefficient (Wildman–Crippen LogP) is 3.28. The van der Waals surface area contributed by atoms with Crippen molar-refractivity contribution < 1.29 is 0 Å². The van der Waals surface area contributed by atoms with Crippen LogP contribution in [0.15, 0.2) is 64.8 Å². The molecule has 3 nitrogen and oxygen atoms in total. The highest BCUT2D eigenvalue weighted by molar-refractivity contribution is 5.98. The number of nitrogens with zero attached hydrogens (tertiary/aromatic N) is 3. The topological polar surface area (TPSA) is 28.0 Å². The zero-order valence-corrected chi connectivity index (χ0v) is 11.2. The molecule has 2 aromatic rings. The Morgan fingerprint density at radius 3 is 2.00 bits per heavy atom. The smallest absolute Gasteiger partial charge is 0.157 e. The third-order valence-electron chi connectivity index (χ3n) is 2.84. The summed E-state index contributed by atoms with van der Waals surface area (Å²) in [6.45, 7) is 3.41. The van der Waals surface area contributed by atoms with Crippen LogP contribution in [0.5, 0.6) is 0 Å².